The van der Waals surface area contributed by atoms with E-state index >= 15 is 0 Å². The van der Waals surface area contributed by atoms with Gasteiger partial charge in [0.25, 0.3) is 0 Å². The minimum absolute atomic E-state index is 0.0680. The molecule has 0 saturated carbocycles. The van der Waals surface area contributed by atoms with Crippen LogP contribution in [0.3, 0.4) is 0 Å². The van der Waals surface area contributed by atoms with Crippen LogP contribution in [0.1, 0.15) is 25.3 Å². The number of benzene rings is 1. The molecule has 1 aliphatic heterocycles. The number of hydrogen-bond donors (Lipinski definition) is 2. The Bertz CT molecular complexity index is 705. The van der Waals surface area contributed by atoms with Gasteiger partial charge in [0.05, 0.1) is 26.6 Å². The highest BCUT2D eigenvalue weighted by molar-refractivity contribution is 5.89. The van der Waals surface area contributed by atoms with Gasteiger partial charge in [0.15, 0.2) is 11.5 Å². The summed E-state index contributed by atoms with van der Waals surface area (Å²) in [5, 5.41) is 11.4. The Labute approximate surface area is 158 Å². The fourth-order valence-electron chi connectivity index (χ4n) is 3.14. The summed E-state index contributed by atoms with van der Waals surface area (Å²) >= 11 is 0. The van der Waals surface area contributed by atoms with Crippen molar-refractivity contribution in [3.8, 4) is 11.5 Å². The third-order valence-electron chi connectivity index (χ3n) is 4.57. The van der Waals surface area contributed by atoms with Crippen molar-refractivity contribution < 1.29 is 29.0 Å². The van der Waals surface area contributed by atoms with Gasteiger partial charge in [-0.25, -0.2) is 0 Å². The van der Waals surface area contributed by atoms with E-state index < -0.39 is 17.9 Å². The molecule has 1 heterocycles. The Kier molecular flexibility index (Phi) is 7.04. The summed E-state index contributed by atoms with van der Waals surface area (Å²) in [6.45, 7) is 2.48. The number of amides is 2. The van der Waals surface area contributed by atoms with Crippen LogP contribution in [-0.4, -0.2) is 61.1 Å². The Morgan fingerprint density at radius 1 is 1.30 bits per heavy atom. The van der Waals surface area contributed by atoms with Crippen molar-refractivity contribution in [2.24, 2.45) is 5.92 Å². The minimum Gasteiger partial charge on any atom is -0.493 e. The minimum atomic E-state index is -0.971. The van der Waals surface area contributed by atoms with E-state index in [0.29, 0.717) is 31.0 Å². The van der Waals surface area contributed by atoms with E-state index in [1.165, 1.54) is 0 Å². The molecule has 8 heteroatoms. The number of methoxy groups -OCH3 is 2. The Hall–Kier alpha value is -2.77. The zero-order valence-corrected chi connectivity index (χ0v) is 15.9. The number of nitrogens with zero attached hydrogens (tertiary/aromatic N) is 1. The zero-order valence-electron chi connectivity index (χ0n) is 15.9. The van der Waals surface area contributed by atoms with Gasteiger partial charge in [-0.2, -0.15) is 0 Å². The van der Waals surface area contributed by atoms with Crippen LogP contribution < -0.4 is 14.8 Å². The molecular weight excluding hydrogens is 352 g/mol. The van der Waals surface area contributed by atoms with E-state index in [2.05, 4.69) is 5.32 Å². The third kappa shape index (κ3) is 5.60. The average molecular weight is 378 g/mol. The second-order valence-corrected chi connectivity index (χ2v) is 6.69. The third-order valence-corrected chi connectivity index (χ3v) is 4.57. The van der Waals surface area contributed by atoms with Crippen LogP contribution in [0.2, 0.25) is 0 Å². The highest BCUT2D eigenvalue weighted by Crippen LogP contribution is 2.28. The van der Waals surface area contributed by atoms with E-state index in [4.69, 9.17) is 14.6 Å². The quantitative estimate of drug-likeness (QED) is 0.666. The second kappa shape index (κ2) is 9.25. The van der Waals surface area contributed by atoms with Crippen molar-refractivity contribution in [3.05, 3.63) is 23.8 Å². The van der Waals surface area contributed by atoms with Crippen molar-refractivity contribution in [1.29, 1.82) is 0 Å². The first kappa shape index (κ1) is 20.5. The zero-order chi connectivity index (χ0) is 20.0. The molecule has 27 heavy (non-hydrogen) atoms. The van der Waals surface area contributed by atoms with Gasteiger partial charge < -0.3 is 24.8 Å². The van der Waals surface area contributed by atoms with Crippen LogP contribution in [0.15, 0.2) is 18.2 Å². The molecule has 0 spiro atoms. The first-order valence-corrected chi connectivity index (χ1v) is 8.84. The SMILES string of the molecule is COc1ccc(CCN2CC(C(=O)NC(C)CC(=O)O)CC2=O)cc1OC. The molecule has 8 nitrogen and oxygen atoms in total. The monoisotopic (exact) mass is 378 g/mol. The van der Waals surface area contributed by atoms with Gasteiger partial charge in [-0.15, -0.1) is 0 Å². The summed E-state index contributed by atoms with van der Waals surface area (Å²) < 4.78 is 10.5. The first-order chi connectivity index (χ1) is 12.8. The van der Waals surface area contributed by atoms with Crippen LogP contribution >= 0.6 is 0 Å². The lowest BCUT2D eigenvalue weighted by molar-refractivity contribution is -0.137. The molecule has 148 valence electrons. The predicted octanol–water partition coefficient (Wildman–Crippen LogP) is 1.07. The molecule has 2 atom stereocenters. The molecule has 1 aliphatic rings. The van der Waals surface area contributed by atoms with Crippen molar-refractivity contribution >= 4 is 17.8 Å². The number of ether oxygens (including phenoxy) is 2. The number of carboxylic acids is 1. The van der Waals surface area contributed by atoms with Crippen molar-refractivity contribution in [2.75, 3.05) is 27.3 Å². The molecule has 2 N–H and O–H groups in total. The molecule has 0 radical (unpaired) electrons. The van der Waals surface area contributed by atoms with Crippen molar-refractivity contribution in [2.45, 2.75) is 32.2 Å². The number of nitrogens with one attached hydrogen (secondary N) is 1. The summed E-state index contributed by atoms with van der Waals surface area (Å²) in [6.07, 6.45) is 0.642. The lowest BCUT2D eigenvalue weighted by Gasteiger charge is -2.18. The molecule has 1 fully saturated rings. The molecular formula is C19H26N2O6. The van der Waals surface area contributed by atoms with Gasteiger partial charge in [0.1, 0.15) is 0 Å². The van der Waals surface area contributed by atoms with E-state index in [1.807, 2.05) is 18.2 Å². The normalized spacial score (nSPS) is 17.5. The molecule has 2 amide bonds. The van der Waals surface area contributed by atoms with Gasteiger partial charge in [-0.05, 0) is 31.0 Å². The van der Waals surface area contributed by atoms with Gasteiger partial charge in [0, 0.05) is 25.6 Å². The lowest BCUT2D eigenvalue weighted by Crippen LogP contribution is -2.39. The molecule has 0 bridgehead atoms. The largest absolute Gasteiger partial charge is 0.493 e. The van der Waals surface area contributed by atoms with Crippen molar-refractivity contribution in [1.82, 2.24) is 10.2 Å². The predicted molar refractivity (Wildman–Crippen MR) is 97.8 cm³/mol. The Balaban J connectivity index is 1.89. The lowest BCUT2D eigenvalue weighted by atomic mass is 10.1. The number of carbonyl (C=O) groups is 3. The summed E-state index contributed by atoms with van der Waals surface area (Å²) in [6, 6.07) is 5.14. The molecule has 0 aliphatic carbocycles. The standard InChI is InChI=1S/C19H26N2O6/c1-12(8-18(23)24)20-19(25)14-10-17(22)21(11-14)7-6-13-4-5-15(26-2)16(9-13)27-3/h4-5,9,12,14H,6-8,10-11H2,1-3H3,(H,20,25)(H,23,24). The summed E-state index contributed by atoms with van der Waals surface area (Å²) in [7, 11) is 3.14. The van der Waals surface area contributed by atoms with E-state index in [1.54, 1.807) is 26.0 Å². The number of hydrogen-bond acceptors (Lipinski definition) is 5. The number of likely N-dealkylation sites (tertiary alicyclic amines) is 1. The van der Waals surface area contributed by atoms with Crippen LogP contribution in [0.5, 0.6) is 11.5 Å². The highest BCUT2D eigenvalue weighted by Gasteiger charge is 2.34. The first-order valence-electron chi connectivity index (χ1n) is 8.84. The van der Waals surface area contributed by atoms with Gasteiger partial charge in [-0.3, -0.25) is 14.4 Å². The highest BCUT2D eigenvalue weighted by atomic mass is 16.5. The van der Waals surface area contributed by atoms with Crippen molar-refractivity contribution in [3.63, 3.8) is 0 Å². The molecule has 2 rings (SSSR count). The number of carbonyl (C=O) groups excluding carboxylic acids is 2. The number of rotatable bonds is 9. The van der Waals surface area contributed by atoms with Gasteiger partial charge in [-0.1, -0.05) is 6.07 Å². The van der Waals surface area contributed by atoms with Crippen LogP contribution in [-0.2, 0) is 20.8 Å². The van der Waals surface area contributed by atoms with E-state index in [0.717, 1.165) is 5.56 Å². The average Bonchev–Trinajstić information content (AvgIpc) is 2.99. The fourth-order valence-corrected chi connectivity index (χ4v) is 3.14. The van der Waals surface area contributed by atoms with Crippen LogP contribution in [0, 0.1) is 5.92 Å². The van der Waals surface area contributed by atoms with E-state index in [9.17, 15) is 14.4 Å². The molecule has 1 aromatic rings. The molecule has 1 saturated heterocycles. The number of aliphatic carboxylic acids is 1. The second-order valence-electron chi connectivity index (χ2n) is 6.69. The van der Waals surface area contributed by atoms with Crippen LogP contribution in [0.4, 0.5) is 0 Å². The summed E-state index contributed by atoms with van der Waals surface area (Å²) in [4.78, 5) is 36.8. The molecule has 1 aromatic carbocycles. The Morgan fingerprint density at radius 2 is 2.00 bits per heavy atom. The number of carboxylic acid groups (broad SMARTS) is 1. The van der Waals surface area contributed by atoms with Gasteiger partial charge >= 0.3 is 5.97 Å². The smallest absolute Gasteiger partial charge is 0.305 e. The molecule has 2 unspecified atom stereocenters. The maximum Gasteiger partial charge on any atom is 0.305 e. The molecule has 0 aromatic heterocycles. The van der Waals surface area contributed by atoms with Crippen LogP contribution in [0.25, 0.3) is 0 Å². The maximum absolute atomic E-state index is 12.2. The van der Waals surface area contributed by atoms with Gasteiger partial charge in [0.2, 0.25) is 11.8 Å². The van der Waals surface area contributed by atoms with E-state index in [-0.39, 0.29) is 24.7 Å². The fraction of sp³-hybridized carbons (Fsp3) is 0.526. The maximum atomic E-state index is 12.2. The summed E-state index contributed by atoms with van der Waals surface area (Å²) in [5.41, 5.74) is 1.00. The Morgan fingerprint density at radius 3 is 2.63 bits per heavy atom. The topological polar surface area (TPSA) is 105 Å². The summed E-state index contributed by atoms with van der Waals surface area (Å²) in [5.74, 6) is -0.480.